The molecular formula is C20H39N3O8S. The molecule has 0 aliphatic rings. The second-order valence-corrected chi connectivity index (χ2v) is 7.88. The summed E-state index contributed by atoms with van der Waals surface area (Å²) < 4.78 is 26.1. The minimum absolute atomic E-state index is 0.0308. The monoisotopic (exact) mass is 481 g/mol. The van der Waals surface area contributed by atoms with Crippen molar-refractivity contribution in [2.75, 3.05) is 70.8 Å². The smallest absolute Gasteiger partial charge is 0.303 e. The van der Waals surface area contributed by atoms with Crippen molar-refractivity contribution in [1.82, 2.24) is 5.32 Å². The zero-order valence-corrected chi connectivity index (χ0v) is 20.0. The Hall–Kier alpha value is -1.44. The van der Waals surface area contributed by atoms with E-state index >= 15 is 0 Å². The van der Waals surface area contributed by atoms with Gasteiger partial charge in [-0.2, -0.15) is 11.8 Å². The van der Waals surface area contributed by atoms with Crippen molar-refractivity contribution < 1.29 is 38.1 Å². The second-order valence-electron chi connectivity index (χ2n) is 6.80. The summed E-state index contributed by atoms with van der Waals surface area (Å²) in [5, 5.41) is 2.76. The van der Waals surface area contributed by atoms with Crippen LogP contribution in [0.25, 0.3) is 0 Å². The topological polar surface area (TPSA) is 161 Å². The molecule has 0 rings (SSSR count). The molecule has 0 aromatic heterocycles. The maximum Gasteiger partial charge on any atom is 0.303 e. The van der Waals surface area contributed by atoms with Gasteiger partial charge in [0.25, 0.3) is 0 Å². The lowest BCUT2D eigenvalue weighted by molar-refractivity contribution is -0.154. The van der Waals surface area contributed by atoms with E-state index in [2.05, 4.69) is 5.32 Å². The third-order valence-electron chi connectivity index (χ3n) is 3.74. The van der Waals surface area contributed by atoms with Crippen LogP contribution in [0.1, 0.15) is 26.7 Å². The minimum Gasteiger partial charge on any atom is -0.462 e. The Labute approximate surface area is 194 Å². The summed E-state index contributed by atoms with van der Waals surface area (Å²) in [5.74, 6) is -0.481. The van der Waals surface area contributed by atoms with Gasteiger partial charge in [0.05, 0.1) is 32.5 Å². The number of nitrogens with two attached hydrogens (primary N) is 2. The van der Waals surface area contributed by atoms with E-state index in [1.807, 2.05) is 0 Å². The number of ether oxygens (including phenoxy) is 5. The molecule has 0 saturated carbocycles. The summed E-state index contributed by atoms with van der Waals surface area (Å²) in [6.07, 6.45) is 0.920. The van der Waals surface area contributed by atoms with Gasteiger partial charge in [-0.15, -0.1) is 0 Å². The van der Waals surface area contributed by atoms with Gasteiger partial charge in [-0.1, -0.05) is 0 Å². The summed E-state index contributed by atoms with van der Waals surface area (Å²) in [5.41, 5.74) is 11.2. The molecule has 0 saturated heterocycles. The number of carbonyl (C=O) groups is 3. The molecule has 0 aromatic carbocycles. The Kier molecular flexibility index (Phi) is 20.4. The molecule has 32 heavy (non-hydrogen) atoms. The van der Waals surface area contributed by atoms with Crippen molar-refractivity contribution in [2.24, 2.45) is 11.5 Å². The number of nitrogens with one attached hydrogen (secondary N) is 1. The Balaban J connectivity index is 3.68. The Bertz CT molecular complexity index is 513. The van der Waals surface area contributed by atoms with Crippen molar-refractivity contribution in [3.05, 3.63) is 0 Å². The average molecular weight is 482 g/mol. The molecular weight excluding hydrogens is 442 g/mol. The molecule has 188 valence electrons. The Morgan fingerprint density at radius 2 is 1.47 bits per heavy atom. The fourth-order valence-corrected chi connectivity index (χ4v) is 3.18. The number of amides is 1. The number of esters is 2. The van der Waals surface area contributed by atoms with Crippen molar-refractivity contribution in [2.45, 2.75) is 38.8 Å². The van der Waals surface area contributed by atoms with Crippen molar-refractivity contribution in [3.8, 4) is 0 Å². The first kappa shape index (κ1) is 30.6. The zero-order chi connectivity index (χ0) is 24.0. The van der Waals surface area contributed by atoms with Crippen molar-refractivity contribution >= 4 is 29.6 Å². The highest BCUT2D eigenvalue weighted by molar-refractivity contribution is 7.99. The third-order valence-corrected chi connectivity index (χ3v) is 4.95. The van der Waals surface area contributed by atoms with Crippen LogP contribution >= 0.6 is 11.8 Å². The zero-order valence-electron chi connectivity index (χ0n) is 19.2. The lowest BCUT2D eigenvalue weighted by Crippen LogP contribution is -2.43. The number of carbonyl (C=O) groups excluding carboxylic acids is 3. The number of hydrogen-bond donors (Lipinski definition) is 3. The summed E-state index contributed by atoms with van der Waals surface area (Å²) in [6, 6.07) is -0.701. The first-order valence-electron chi connectivity index (χ1n) is 10.7. The van der Waals surface area contributed by atoms with Crippen LogP contribution in [0.2, 0.25) is 0 Å². The van der Waals surface area contributed by atoms with Crippen LogP contribution in [0.15, 0.2) is 0 Å². The molecule has 5 N–H and O–H groups in total. The number of hydrogen-bond acceptors (Lipinski definition) is 11. The molecule has 1 amide bonds. The molecule has 0 spiro atoms. The summed E-state index contributed by atoms with van der Waals surface area (Å²) >= 11 is 1.35. The van der Waals surface area contributed by atoms with Gasteiger partial charge in [0.15, 0.2) is 0 Å². The lowest BCUT2D eigenvalue weighted by atomic mass is 10.3. The molecule has 0 radical (unpaired) electrons. The second kappa shape index (κ2) is 21.4. The quantitative estimate of drug-likeness (QED) is 0.142. The van der Waals surface area contributed by atoms with Gasteiger partial charge in [-0.25, -0.2) is 0 Å². The summed E-state index contributed by atoms with van der Waals surface area (Å²) in [7, 11) is 0. The van der Waals surface area contributed by atoms with Gasteiger partial charge in [0.2, 0.25) is 5.91 Å². The van der Waals surface area contributed by atoms with Crippen LogP contribution in [-0.4, -0.2) is 101 Å². The highest BCUT2D eigenvalue weighted by Gasteiger charge is 2.17. The van der Waals surface area contributed by atoms with E-state index in [-0.39, 0.29) is 12.5 Å². The van der Waals surface area contributed by atoms with Gasteiger partial charge in [0.1, 0.15) is 12.7 Å². The average Bonchev–Trinajstić information content (AvgIpc) is 2.74. The third kappa shape index (κ3) is 20.5. The van der Waals surface area contributed by atoms with E-state index < -0.39 is 24.1 Å². The van der Waals surface area contributed by atoms with Gasteiger partial charge < -0.3 is 40.5 Å². The highest BCUT2D eigenvalue weighted by atomic mass is 32.2. The predicted octanol–water partition coefficient (Wildman–Crippen LogP) is -0.553. The van der Waals surface area contributed by atoms with Crippen LogP contribution in [0.3, 0.4) is 0 Å². The molecule has 11 nitrogen and oxygen atoms in total. The molecule has 0 unspecified atom stereocenters. The summed E-state index contributed by atoms with van der Waals surface area (Å²) in [4.78, 5) is 34.1. The largest absolute Gasteiger partial charge is 0.462 e. The summed E-state index contributed by atoms with van der Waals surface area (Å²) in [6.45, 7) is 6.78. The molecule has 0 aliphatic carbocycles. The highest BCUT2D eigenvalue weighted by Crippen LogP contribution is 2.09. The standard InChI is InChI=1S/C20H39N3O8S/c1-16(24)30-13-18(31-17(2)25)14-32-15-19(22)20(26)23-6-4-8-28-10-12-29-11-9-27-7-3-5-21/h18-19H,3-15,21-22H2,1-2H3,(H,23,26)/t18-,19+/m1/s1. The van der Waals surface area contributed by atoms with Crippen molar-refractivity contribution in [3.63, 3.8) is 0 Å². The number of rotatable bonds is 21. The van der Waals surface area contributed by atoms with E-state index in [0.29, 0.717) is 70.7 Å². The first-order chi connectivity index (χ1) is 15.4. The molecule has 0 aliphatic heterocycles. The van der Waals surface area contributed by atoms with Gasteiger partial charge in [-0.3, -0.25) is 14.4 Å². The predicted molar refractivity (Wildman–Crippen MR) is 121 cm³/mol. The normalized spacial score (nSPS) is 12.8. The van der Waals surface area contributed by atoms with Crippen LogP contribution in [0.5, 0.6) is 0 Å². The minimum atomic E-state index is -0.701. The fraction of sp³-hybridized carbons (Fsp3) is 0.850. The van der Waals surface area contributed by atoms with Crippen LogP contribution < -0.4 is 16.8 Å². The molecule has 0 bridgehead atoms. The van der Waals surface area contributed by atoms with Crippen molar-refractivity contribution in [1.29, 1.82) is 0 Å². The van der Waals surface area contributed by atoms with Gasteiger partial charge in [-0.05, 0) is 19.4 Å². The maximum atomic E-state index is 12.0. The van der Waals surface area contributed by atoms with Crippen LogP contribution in [0.4, 0.5) is 0 Å². The van der Waals surface area contributed by atoms with E-state index in [1.54, 1.807) is 0 Å². The molecule has 2 atom stereocenters. The van der Waals surface area contributed by atoms with Crippen LogP contribution in [-0.2, 0) is 38.1 Å². The molecule has 0 aromatic rings. The van der Waals surface area contributed by atoms with E-state index in [1.165, 1.54) is 25.6 Å². The maximum absolute atomic E-state index is 12.0. The molecule has 0 heterocycles. The SMILES string of the molecule is CC(=O)OC[C@H](CSC[C@H](N)C(=O)NCCCOCCOCCOCCCN)OC(C)=O. The Morgan fingerprint density at radius 1 is 0.875 bits per heavy atom. The first-order valence-corrected chi connectivity index (χ1v) is 11.9. The lowest BCUT2D eigenvalue weighted by Gasteiger charge is -2.17. The van der Waals surface area contributed by atoms with Gasteiger partial charge in [0, 0.05) is 45.1 Å². The number of thioether (sulfide) groups is 1. The van der Waals surface area contributed by atoms with Crippen LogP contribution in [0, 0.1) is 0 Å². The van der Waals surface area contributed by atoms with E-state index in [9.17, 15) is 14.4 Å². The van der Waals surface area contributed by atoms with Gasteiger partial charge >= 0.3 is 11.9 Å². The fourth-order valence-electron chi connectivity index (χ4n) is 2.21. The molecule has 0 fully saturated rings. The molecule has 12 heteroatoms. The van der Waals surface area contributed by atoms with E-state index in [0.717, 1.165) is 6.42 Å². The Morgan fingerprint density at radius 3 is 2.03 bits per heavy atom. The van der Waals surface area contributed by atoms with E-state index in [4.69, 9.17) is 35.2 Å².